The number of pyridine rings is 1. The normalized spacial score (nSPS) is 24.0. The Balaban J connectivity index is 1.63. The van der Waals surface area contributed by atoms with Gasteiger partial charge in [-0.1, -0.05) is 6.07 Å². The van der Waals surface area contributed by atoms with E-state index in [2.05, 4.69) is 4.98 Å². The molecule has 0 N–H and O–H groups in total. The second-order valence-corrected chi connectivity index (χ2v) is 6.97. The van der Waals surface area contributed by atoms with Crippen LogP contribution in [0.2, 0.25) is 0 Å². The van der Waals surface area contributed by atoms with Gasteiger partial charge in [-0.25, -0.2) is 0 Å². The van der Waals surface area contributed by atoms with E-state index >= 15 is 0 Å². The predicted octanol–water partition coefficient (Wildman–Crippen LogP) is 1.50. The molecule has 3 rings (SSSR count). The van der Waals surface area contributed by atoms with Gasteiger partial charge >= 0.3 is 0 Å². The molecule has 0 bridgehead atoms. The SMILES string of the molecule is COCCN1C(=O)CCC[C@H]2CN(C(=O)Cc3cccnc3)CC[C@H]21. The van der Waals surface area contributed by atoms with Crippen molar-refractivity contribution >= 4 is 11.8 Å². The lowest BCUT2D eigenvalue weighted by Gasteiger charge is -2.42. The summed E-state index contributed by atoms with van der Waals surface area (Å²) in [6, 6.07) is 4.04. The Morgan fingerprint density at radius 3 is 3.04 bits per heavy atom. The number of piperidine rings is 1. The van der Waals surface area contributed by atoms with Crippen LogP contribution in [0.1, 0.15) is 31.2 Å². The summed E-state index contributed by atoms with van der Waals surface area (Å²) >= 11 is 0. The van der Waals surface area contributed by atoms with Crippen LogP contribution in [0.4, 0.5) is 0 Å². The molecule has 0 aliphatic carbocycles. The van der Waals surface area contributed by atoms with Crippen LogP contribution in [0.3, 0.4) is 0 Å². The van der Waals surface area contributed by atoms with Crippen molar-refractivity contribution in [1.29, 1.82) is 0 Å². The topological polar surface area (TPSA) is 62.7 Å². The minimum atomic E-state index is 0.158. The van der Waals surface area contributed by atoms with Crippen LogP contribution in [-0.2, 0) is 20.7 Å². The molecular formula is C19H27N3O3. The van der Waals surface area contributed by atoms with E-state index in [1.807, 2.05) is 21.9 Å². The molecule has 6 heteroatoms. The number of hydrogen-bond acceptors (Lipinski definition) is 4. The molecule has 0 radical (unpaired) electrons. The first-order valence-corrected chi connectivity index (χ1v) is 9.14. The van der Waals surface area contributed by atoms with Crippen LogP contribution in [-0.4, -0.2) is 66.0 Å². The van der Waals surface area contributed by atoms with Crippen molar-refractivity contribution in [2.24, 2.45) is 5.92 Å². The van der Waals surface area contributed by atoms with E-state index in [4.69, 9.17) is 4.74 Å². The average Bonchev–Trinajstić information content (AvgIpc) is 2.78. The molecule has 136 valence electrons. The molecule has 2 saturated heterocycles. The largest absolute Gasteiger partial charge is 0.383 e. The van der Waals surface area contributed by atoms with Gasteiger partial charge in [0.25, 0.3) is 0 Å². The van der Waals surface area contributed by atoms with Crippen molar-refractivity contribution < 1.29 is 14.3 Å². The van der Waals surface area contributed by atoms with Gasteiger partial charge in [-0.05, 0) is 36.8 Å². The van der Waals surface area contributed by atoms with Crippen molar-refractivity contribution in [1.82, 2.24) is 14.8 Å². The standard InChI is InChI=1S/C19H27N3O3/c1-25-11-10-22-17-7-9-21(14-16(17)5-2-6-18(22)23)19(24)12-15-4-3-8-20-13-15/h3-4,8,13,16-17H,2,5-7,9-12,14H2,1H3/t16-,17+/m0/s1. The van der Waals surface area contributed by atoms with E-state index in [1.54, 1.807) is 19.5 Å². The first-order chi connectivity index (χ1) is 12.2. The Hall–Kier alpha value is -1.95. The van der Waals surface area contributed by atoms with E-state index in [1.165, 1.54) is 0 Å². The van der Waals surface area contributed by atoms with Crippen LogP contribution in [0.5, 0.6) is 0 Å². The van der Waals surface area contributed by atoms with Gasteiger partial charge in [0.05, 0.1) is 13.0 Å². The smallest absolute Gasteiger partial charge is 0.227 e. The maximum Gasteiger partial charge on any atom is 0.227 e. The van der Waals surface area contributed by atoms with Crippen LogP contribution in [0, 0.1) is 5.92 Å². The molecule has 1 aromatic rings. The van der Waals surface area contributed by atoms with E-state index in [9.17, 15) is 9.59 Å². The molecule has 0 unspecified atom stereocenters. The summed E-state index contributed by atoms with van der Waals surface area (Å²) in [6.07, 6.45) is 7.26. The highest BCUT2D eigenvalue weighted by atomic mass is 16.5. The summed E-state index contributed by atoms with van der Waals surface area (Å²) in [4.78, 5) is 33.1. The molecule has 2 atom stereocenters. The Kier molecular flexibility index (Phi) is 6.02. The van der Waals surface area contributed by atoms with Gasteiger partial charge in [0.2, 0.25) is 11.8 Å². The minimum absolute atomic E-state index is 0.158. The summed E-state index contributed by atoms with van der Waals surface area (Å²) in [6.45, 7) is 2.69. The lowest BCUT2D eigenvalue weighted by Crippen LogP contribution is -2.53. The first kappa shape index (κ1) is 17.9. The molecule has 6 nitrogen and oxygen atoms in total. The second kappa shape index (κ2) is 8.43. The first-order valence-electron chi connectivity index (χ1n) is 9.14. The second-order valence-electron chi connectivity index (χ2n) is 6.97. The molecule has 2 aliphatic rings. The van der Waals surface area contributed by atoms with Gasteiger partial charge in [-0.2, -0.15) is 0 Å². The van der Waals surface area contributed by atoms with E-state index in [0.29, 0.717) is 31.9 Å². The highest BCUT2D eigenvalue weighted by Crippen LogP contribution is 2.30. The Morgan fingerprint density at radius 2 is 2.28 bits per heavy atom. The third kappa shape index (κ3) is 4.37. The predicted molar refractivity (Wildman–Crippen MR) is 93.9 cm³/mol. The zero-order chi connectivity index (χ0) is 17.6. The lowest BCUT2D eigenvalue weighted by atomic mass is 9.88. The van der Waals surface area contributed by atoms with Crippen LogP contribution in [0.25, 0.3) is 0 Å². The molecule has 2 aliphatic heterocycles. The van der Waals surface area contributed by atoms with Gasteiger partial charge in [0, 0.05) is 51.6 Å². The fourth-order valence-corrected chi connectivity index (χ4v) is 4.05. The number of rotatable bonds is 5. The Bertz CT molecular complexity index is 593. The lowest BCUT2D eigenvalue weighted by molar-refractivity contribution is -0.138. The van der Waals surface area contributed by atoms with Crippen molar-refractivity contribution in [3.05, 3.63) is 30.1 Å². The number of methoxy groups -OCH3 is 1. The van der Waals surface area contributed by atoms with E-state index in [-0.39, 0.29) is 17.9 Å². The highest BCUT2D eigenvalue weighted by molar-refractivity contribution is 5.79. The van der Waals surface area contributed by atoms with Crippen molar-refractivity contribution in [3.8, 4) is 0 Å². The molecule has 0 spiro atoms. The number of hydrogen-bond donors (Lipinski definition) is 0. The van der Waals surface area contributed by atoms with Crippen LogP contribution >= 0.6 is 0 Å². The fraction of sp³-hybridized carbons (Fsp3) is 0.632. The number of carbonyl (C=O) groups excluding carboxylic acids is 2. The molecular weight excluding hydrogens is 318 g/mol. The number of aromatic nitrogens is 1. The third-order valence-corrected chi connectivity index (χ3v) is 5.35. The molecule has 25 heavy (non-hydrogen) atoms. The number of nitrogens with zero attached hydrogens (tertiary/aromatic N) is 3. The van der Waals surface area contributed by atoms with E-state index in [0.717, 1.165) is 37.9 Å². The van der Waals surface area contributed by atoms with Gasteiger partial charge < -0.3 is 14.5 Å². The average molecular weight is 345 g/mol. The molecule has 0 aromatic carbocycles. The van der Waals surface area contributed by atoms with Gasteiger partial charge in [-0.15, -0.1) is 0 Å². The summed E-state index contributed by atoms with van der Waals surface area (Å²) in [5.41, 5.74) is 0.951. The van der Waals surface area contributed by atoms with Gasteiger partial charge in [0.15, 0.2) is 0 Å². The molecule has 1 aromatic heterocycles. The van der Waals surface area contributed by atoms with Crippen LogP contribution < -0.4 is 0 Å². The summed E-state index contributed by atoms with van der Waals surface area (Å²) in [7, 11) is 1.67. The molecule has 2 amide bonds. The highest BCUT2D eigenvalue weighted by Gasteiger charge is 2.38. The third-order valence-electron chi connectivity index (χ3n) is 5.35. The number of carbonyl (C=O) groups is 2. The zero-order valence-electron chi connectivity index (χ0n) is 14.9. The molecule has 3 heterocycles. The number of ether oxygens (including phenoxy) is 1. The molecule has 2 fully saturated rings. The Morgan fingerprint density at radius 1 is 1.40 bits per heavy atom. The van der Waals surface area contributed by atoms with Gasteiger partial charge in [-0.3, -0.25) is 14.6 Å². The summed E-state index contributed by atoms with van der Waals surface area (Å²) in [5, 5.41) is 0. The summed E-state index contributed by atoms with van der Waals surface area (Å²) < 4.78 is 5.17. The summed E-state index contributed by atoms with van der Waals surface area (Å²) in [5.74, 6) is 0.764. The Labute approximate surface area is 149 Å². The quantitative estimate of drug-likeness (QED) is 0.811. The number of amides is 2. The maximum absolute atomic E-state index is 12.6. The molecule has 0 saturated carbocycles. The van der Waals surface area contributed by atoms with Crippen LogP contribution in [0.15, 0.2) is 24.5 Å². The fourth-order valence-electron chi connectivity index (χ4n) is 4.05. The minimum Gasteiger partial charge on any atom is -0.383 e. The number of likely N-dealkylation sites (tertiary alicyclic amines) is 2. The zero-order valence-corrected chi connectivity index (χ0v) is 14.9. The van der Waals surface area contributed by atoms with E-state index < -0.39 is 0 Å². The van der Waals surface area contributed by atoms with Crippen molar-refractivity contribution in [2.45, 2.75) is 38.1 Å². The monoisotopic (exact) mass is 345 g/mol. The van der Waals surface area contributed by atoms with Gasteiger partial charge in [0.1, 0.15) is 0 Å². The van der Waals surface area contributed by atoms with Crippen molar-refractivity contribution in [3.63, 3.8) is 0 Å². The number of fused-ring (bicyclic) bond motifs is 1. The maximum atomic E-state index is 12.6. The van der Waals surface area contributed by atoms with Crippen molar-refractivity contribution in [2.75, 3.05) is 33.4 Å².